The van der Waals surface area contributed by atoms with E-state index in [0.717, 1.165) is 11.4 Å². The van der Waals surface area contributed by atoms with Crippen LogP contribution in [0.3, 0.4) is 0 Å². The van der Waals surface area contributed by atoms with Gasteiger partial charge < -0.3 is 19.7 Å². The Hall–Kier alpha value is -4.84. The van der Waals surface area contributed by atoms with E-state index in [2.05, 4.69) is 0 Å². The molecule has 184 valence electrons. The number of hydrogen-bond acceptors (Lipinski definition) is 5. The number of aromatic nitrogens is 1. The second kappa shape index (κ2) is 10.0. The van der Waals surface area contributed by atoms with Crippen LogP contribution in [-0.4, -0.2) is 20.6 Å². The number of carbonyl (C=O) groups excluding carboxylic acids is 1. The van der Waals surface area contributed by atoms with Crippen LogP contribution in [0.25, 0.3) is 10.9 Å². The Labute approximate surface area is 214 Å². The molecule has 0 bridgehead atoms. The van der Waals surface area contributed by atoms with Gasteiger partial charge in [0.05, 0.1) is 11.6 Å². The van der Waals surface area contributed by atoms with Gasteiger partial charge in [0, 0.05) is 35.8 Å². The molecule has 0 saturated heterocycles. The van der Waals surface area contributed by atoms with E-state index in [1.54, 1.807) is 55.6 Å². The van der Waals surface area contributed by atoms with Gasteiger partial charge >= 0.3 is 0 Å². The molecule has 4 aromatic carbocycles. The molecule has 0 saturated carbocycles. The van der Waals surface area contributed by atoms with Gasteiger partial charge in [0.15, 0.2) is 5.78 Å². The minimum Gasteiger partial charge on any atom is -0.508 e. The second-order valence-electron chi connectivity index (χ2n) is 8.85. The van der Waals surface area contributed by atoms with Gasteiger partial charge in [0.25, 0.3) is 5.56 Å². The smallest absolute Gasteiger partial charge is 0.265 e. The fraction of sp³-hybridized carbons (Fsp3) is 0.0968. The zero-order valence-electron chi connectivity index (χ0n) is 20.3. The SMILES string of the molecule is Cn1c(=O)c(C(=O)C[C@@H](c2ccccc2O)N(c2ccccc2)c2ccccc2)c(O)c2ccccc21. The molecular weight excluding hydrogens is 464 g/mol. The topological polar surface area (TPSA) is 82.8 Å². The van der Waals surface area contributed by atoms with E-state index >= 15 is 0 Å². The highest BCUT2D eigenvalue weighted by atomic mass is 16.3. The first-order valence-corrected chi connectivity index (χ1v) is 12.0. The van der Waals surface area contributed by atoms with Crippen molar-refractivity contribution in [1.29, 1.82) is 0 Å². The average molecular weight is 491 g/mol. The van der Waals surface area contributed by atoms with Crippen LogP contribution < -0.4 is 10.5 Å². The number of rotatable bonds is 7. The van der Waals surface area contributed by atoms with Gasteiger partial charge in [-0.2, -0.15) is 0 Å². The number of aromatic hydroxyl groups is 2. The number of nitrogens with zero attached hydrogens (tertiary/aromatic N) is 2. The molecule has 0 spiro atoms. The minimum absolute atomic E-state index is 0.0350. The lowest BCUT2D eigenvalue weighted by atomic mass is 9.94. The highest BCUT2D eigenvalue weighted by molar-refractivity contribution is 6.04. The summed E-state index contributed by atoms with van der Waals surface area (Å²) in [6.07, 6.45) is -0.164. The molecule has 0 fully saturated rings. The van der Waals surface area contributed by atoms with E-state index in [1.807, 2.05) is 65.6 Å². The zero-order valence-corrected chi connectivity index (χ0v) is 20.3. The Bertz CT molecular complexity index is 1590. The predicted octanol–water partition coefficient (Wildman–Crippen LogP) is 6.10. The van der Waals surface area contributed by atoms with Crippen LogP contribution in [0.1, 0.15) is 28.4 Å². The first kappa shape index (κ1) is 23.9. The molecule has 37 heavy (non-hydrogen) atoms. The lowest BCUT2D eigenvalue weighted by molar-refractivity contribution is 0.0969. The molecule has 0 aliphatic heterocycles. The van der Waals surface area contributed by atoms with E-state index in [9.17, 15) is 19.8 Å². The van der Waals surface area contributed by atoms with Crippen LogP contribution >= 0.6 is 0 Å². The third-order valence-electron chi connectivity index (χ3n) is 6.61. The largest absolute Gasteiger partial charge is 0.508 e. The van der Waals surface area contributed by atoms with Gasteiger partial charge in [-0.1, -0.05) is 66.7 Å². The predicted molar refractivity (Wildman–Crippen MR) is 146 cm³/mol. The van der Waals surface area contributed by atoms with Crippen molar-refractivity contribution in [3.8, 4) is 11.5 Å². The van der Waals surface area contributed by atoms with Crippen molar-refractivity contribution in [1.82, 2.24) is 4.57 Å². The Morgan fingerprint density at radius 1 is 0.784 bits per heavy atom. The number of fused-ring (bicyclic) bond motifs is 1. The van der Waals surface area contributed by atoms with Crippen LogP contribution in [0.5, 0.6) is 11.5 Å². The molecule has 0 unspecified atom stereocenters. The third kappa shape index (κ3) is 4.45. The number of carbonyl (C=O) groups is 1. The highest BCUT2D eigenvalue weighted by Crippen LogP contribution is 2.41. The Morgan fingerprint density at radius 2 is 1.32 bits per heavy atom. The standard InChI is InChI=1S/C31H26N2O4/c1-32-25-18-10-8-17-24(25)30(36)29(31(32)37)28(35)20-26(23-16-9-11-19-27(23)34)33(21-12-4-2-5-13-21)22-14-6-3-7-15-22/h2-19,26,34,36H,20H2,1H3/t26-/m0/s1. The number of anilines is 2. The van der Waals surface area contributed by atoms with Gasteiger partial charge in [-0.05, 0) is 42.5 Å². The number of aryl methyl sites for hydroxylation is 1. The summed E-state index contributed by atoms with van der Waals surface area (Å²) in [5, 5.41) is 22.3. The summed E-state index contributed by atoms with van der Waals surface area (Å²) in [7, 11) is 1.58. The molecule has 1 atom stereocenters. The highest BCUT2D eigenvalue weighted by Gasteiger charge is 2.30. The molecule has 5 rings (SSSR count). The van der Waals surface area contributed by atoms with Crippen molar-refractivity contribution in [3.63, 3.8) is 0 Å². The maximum Gasteiger partial charge on any atom is 0.265 e. The molecule has 1 heterocycles. The van der Waals surface area contributed by atoms with Crippen molar-refractivity contribution in [2.24, 2.45) is 7.05 Å². The summed E-state index contributed by atoms with van der Waals surface area (Å²) < 4.78 is 1.38. The maximum atomic E-state index is 13.9. The van der Waals surface area contributed by atoms with Gasteiger partial charge in [0.2, 0.25) is 0 Å². The van der Waals surface area contributed by atoms with Crippen molar-refractivity contribution in [3.05, 3.63) is 131 Å². The molecular formula is C31H26N2O4. The summed E-state index contributed by atoms with van der Waals surface area (Å²) >= 11 is 0. The molecule has 0 aliphatic carbocycles. The van der Waals surface area contributed by atoms with Crippen molar-refractivity contribution < 1.29 is 15.0 Å². The van der Waals surface area contributed by atoms with Crippen LogP contribution in [0.4, 0.5) is 11.4 Å². The first-order chi connectivity index (χ1) is 18.0. The monoisotopic (exact) mass is 490 g/mol. The van der Waals surface area contributed by atoms with E-state index < -0.39 is 17.4 Å². The average Bonchev–Trinajstić information content (AvgIpc) is 2.93. The summed E-state index contributed by atoms with van der Waals surface area (Å²) in [5.41, 5.74) is 1.86. The zero-order chi connectivity index (χ0) is 25.9. The fourth-order valence-electron chi connectivity index (χ4n) is 4.80. The van der Waals surface area contributed by atoms with E-state index in [-0.39, 0.29) is 23.5 Å². The second-order valence-corrected chi connectivity index (χ2v) is 8.85. The molecule has 1 aromatic heterocycles. The van der Waals surface area contributed by atoms with Crippen LogP contribution in [-0.2, 0) is 7.05 Å². The number of ketones is 1. The number of para-hydroxylation sites is 4. The number of Topliss-reactive ketones (excluding diaryl/α,β-unsaturated/α-hetero) is 1. The number of benzene rings is 4. The Balaban J connectivity index is 1.69. The number of phenolic OH excluding ortho intramolecular Hbond substituents is 1. The van der Waals surface area contributed by atoms with Crippen molar-refractivity contribution >= 4 is 28.1 Å². The van der Waals surface area contributed by atoms with Gasteiger partial charge in [-0.25, -0.2) is 0 Å². The Morgan fingerprint density at radius 3 is 1.95 bits per heavy atom. The van der Waals surface area contributed by atoms with E-state index in [0.29, 0.717) is 16.5 Å². The van der Waals surface area contributed by atoms with Gasteiger partial charge in [0.1, 0.15) is 17.1 Å². The lowest BCUT2D eigenvalue weighted by Gasteiger charge is -2.34. The van der Waals surface area contributed by atoms with Crippen molar-refractivity contribution in [2.75, 3.05) is 4.90 Å². The summed E-state index contributed by atoms with van der Waals surface area (Å²) in [6, 6.07) is 32.3. The quantitative estimate of drug-likeness (QED) is 0.269. The molecule has 0 radical (unpaired) electrons. The summed E-state index contributed by atoms with van der Waals surface area (Å²) in [6.45, 7) is 0. The molecule has 0 aliphatic rings. The first-order valence-electron chi connectivity index (χ1n) is 12.0. The molecule has 0 amide bonds. The van der Waals surface area contributed by atoms with E-state index in [1.165, 1.54) is 4.57 Å². The van der Waals surface area contributed by atoms with Crippen molar-refractivity contribution in [2.45, 2.75) is 12.5 Å². The van der Waals surface area contributed by atoms with Crippen LogP contribution in [0, 0.1) is 0 Å². The molecule has 6 heteroatoms. The molecule has 5 aromatic rings. The fourth-order valence-corrected chi connectivity index (χ4v) is 4.80. The number of hydrogen-bond donors (Lipinski definition) is 2. The number of pyridine rings is 1. The van der Waals surface area contributed by atoms with Crippen LogP contribution in [0.15, 0.2) is 114 Å². The normalized spacial score (nSPS) is 11.8. The van der Waals surface area contributed by atoms with E-state index in [4.69, 9.17) is 0 Å². The maximum absolute atomic E-state index is 13.9. The lowest BCUT2D eigenvalue weighted by Crippen LogP contribution is -2.30. The number of phenols is 1. The Kier molecular flexibility index (Phi) is 6.47. The van der Waals surface area contributed by atoms with Gasteiger partial charge in [-0.3, -0.25) is 9.59 Å². The summed E-state index contributed by atoms with van der Waals surface area (Å²) in [5.74, 6) is -0.813. The summed E-state index contributed by atoms with van der Waals surface area (Å²) in [4.78, 5) is 29.1. The van der Waals surface area contributed by atoms with Gasteiger partial charge in [-0.15, -0.1) is 0 Å². The van der Waals surface area contributed by atoms with Crippen LogP contribution in [0.2, 0.25) is 0 Å². The minimum atomic E-state index is -0.672. The molecule has 6 nitrogen and oxygen atoms in total. The third-order valence-corrected chi connectivity index (χ3v) is 6.61. The molecule has 2 N–H and O–H groups in total.